The first kappa shape index (κ1) is 12.1. The summed E-state index contributed by atoms with van der Waals surface area (Å²) in [4.78, 5) is 2.44. The molecule has 3 heteroatoms. The molecule has 17 heavy (non-hydrogen) atoms. The van der Waals surface area contributed by atoms with E-state index in [1.807, 2.05) is 6.07 Å². The average Bonchev–Trinajstić information content (AvgIpc) is 2.25. The second-order valence-corrected chi connectivity index (χ2v) is 5.61. The fourth-order valence-corrected chi connectivity index (χ4v) is 2.37. The number of hydrogen-bond donors (Lipinski definition) is 1. The van der Waals surface area contributed by atoms with Crippen molar-refractivity contribution in [1.29, 1.82) is 0 Å². The number of anilines is 2. The van der Waals surface area contributed by atoms with Crippen molar-refractivity contribution in [2.45, 2.75) is 39.3 Å². The summed E-state index contributed by atoms with van der Waals surface area (Å²) in [5.41, 5.74) is 2.51. The van der Waals surface area contributed by atoms with Crippen LogP contribution >= 0.6 is 0 Å². The van der Waals surface area contributed by atoms with Crippen molar-refractivity contribution in [2.24, 2.45) is 0 Å². The van der Waals surface area contributed by atoms with Gasteiger partial charge in [-0.25, -0.2) is 0 Å². The third-order valence-electron chi connectivity index (χ3n) is 3.18. The highest BCUT2D eigenvalue weighted by atomic mass is 16.5. The molecule has 0 spiro atoms. The topological polar surface area (TPSA) is 24.5 Å². The van der Waals surface area contributed by atoms with Crippen molar-refractivity contribution in [3.8, 4) is 5.75 Å². The van der Waals surface area contributed by atoms with Crippen LogP contribution in [0.2, 0.25) is 0 Å². The van der Waals surface area contributed by atoms with Gasteiger partial charge in [-0.05, 0) is 39.8 Å². The third kappa shape index (κ3) is 2.33. The number of benzene rings is 1. The second kappa shape index (κ2) is 4.13. The number of rotatable bonds is 2. The molecule has 94 valence electrons. The fraction of sp³-hybridized carbons (Fsp3) is 0.571. The molecule has 2 rings (SSSR count). The van der Waals surface area contributed by atoms with Crippen molar-refractivity contribution < 1.29 is 4.74 Å². The van der Waals surface area contributed by atoms with E-state index in [0.29, 0.717) is 6.04 Å². The Kier molecular flexibility index (Phi) is 2.94. The Balaban J connectivity index is 2.44. The van der Waals surface area contributed by atoms with Gasteiger partial charge in [-0.1, -0.05) is 0 Å². The molecule has 0 unspecified atom stereocenters. The molecule has 0 amide bonds. The van der Waals surface area contributed by atoms with E-state index in [2.05, 4.69) is 50.0 Å². The second-order valence-electron chi connectivity index (χ2n) is 5.61. The quantitative estimate of drug-likeness (QED) is 0.851. The van der Waals surface area contributed by atoms with Crippen LogP contribution in [-0.4, -0.2) is 25.2 Å². The molecule has 1 heterocycles. The third-order valence-corrected chi connectivity index (χ3v) is 3.18. The van der Waals surface area contributed by atoms with Crippen molar-refractivity contribution in [3.63, 3.8) is 0 Å². The summed E-state index contributed by atoms with van der Waals surface area (Å²) in [5, 5.41) is 3.57. The monoisotopic (exact) mass is 234 g/mol. The van der Waals surface area contributed by atoms with Gasteiger partial charge in [0.05, 0.1) is 18.5 Å². The minimum absolute atomic E-state index is 0.0869. The molecule has 3 nitrogen and oxygen atoms in total. The molecule has 0 bridgehead atoms. The Labute approximate surface area is 104 Å². The highest BCUT2D eigenvalue weighted by Gasteiger charge is 2.30. The number of ether oxygens (including phenoxy) is 1. The van der Waals surface area contributed by atoms with E-state index in [4.69, 9.17) is 4.74 Å². The van der Waals surface area contributed by atoms with Gasteiger partial charge in [0.15, 0.2) is 0 Å². The predicted molar refractivity (Wildman–Crippen MR) is 73.2 cm³/mol. The van der Waals surface area contributed by atoms with Crippen LogP contribution in [0.15, 0.2) is 18.2 Å². The first-order valence-electron chi connectivity index (χ1n) is 6.16. The molecular weight excluding hydrogens is 212 g/mol. The Morgan fingerprint density at radius 1 is 1.35 bits per heavy atom. The van der Waals surface area contributed by atoms with Crippen LogP contribution in [0, 0.1) is 0 Å². The summed E-state index contributed by atoms with van der Waals surface area (Å²) in [5.74, 6) is 0.901. The van der Waals surface area contributed by atoms with Crippen LogP contribution in [-0.2, 0) is 0 Å². The molecule has 1 aliphatic rings. The van der Waals surface area contributed by atoms with Gasteiger partial charge in [0.25, 0.3) is 0 Å². The smallest absolute Gasteiger partial charge is 0.121 e. The fourth-order valence-electron chi connectivity index (χ4n) is 2.37. The van der Waals surface area contributed by atoms with Crippen LogP contribution in [0.5, 0.6) is 5.75 Å². The lowest BCUT2D eigenvalue weighted by atomic mass is 9.98. The molecule has 0 saturated carbocycles. The van der Waals surface area contributed by atoms with Crippen LogP contribution in [0.1, 0.15) is 27.7 Å². The number of methoxy groups -OCH3 is 1. The molecule has 0 fully saturated rings. The Bertz CT molecular complexity index is 413. The summed E-state index contributed by atoms with van der Waals surface area (Å²) in [7, 11) is 1.70. The Morgan fingerprint density at radius 3 is 2.65 bits per heavy atom. The molecule has 1 aromatic carbocycles. The Morgan fingerprint density at radius 2 is 2.06 bits per heavy atom. The van der Waals surface area contributed by atoms with E-state index in [9.17, 15) is 0 Å². The SMILES string of the molecule is COc1ccc2c(c1)NC(C)(C)CN2C(C)C. The van der Waals surface area contributed by atoms with E-state index in [1.165, 1.54) is 5.69 Å². The van der Waals surface area contributed by atoms with Crippen LogP contribution < -0.4 is 15.0 Å². The molecular formula is C14H22N2O. The number of nitrogens with one attached hydrogen (secondary N) is 1. The van der Waals surface area contributed by atoms with Gasteiger partial charge in [-0.3, -0.25) is 0 Å². The molecule has 0 saturated heterocycles. The summed E-state index contributed by atoms with van der Waals surface area (Å²) >= 11 is 0. The average molecular weight is 234 g/mol. The molecule has 0 radical (unpaired) electrons. The van der Waals surface area contributed by atoms with Gasteiger partial charge in [0.2, 0.25) is 0 Å². The van der Waals surface area contributed by atoms with Crippen molar-refractivity contribution in [1.82, 2.24) is 0 Å². The highest BCUT2D eigenvalue weighted by Crippen LogP contribution is 2.37. The van der Waals surface area contributed by atoms with Gasteiger partial charge < -0.3 is 15.0 Å². The van der Waals surface area contributed by atoms with E-state index in [1.54, 1.807) is 7.11 Å². The van der Waals surface area contributed by atoms with Crippen LogP contribution in [0.3, 0.4) is 0 Å². The summed E-state index contributed by atoms with van der Waals surface area (Å²) in [6, 6.07) is 6.74. The predicted octanol–water partition coefficient (Wildman–Crippen LogP) is 3.11. The van der Waals surface area contributed by atoms with Gasteiger partial charge >= 0.3 is 0 Å². The zero-order valence-corrected chi connectivity index (χ0v) is 11.4. The number of nitrogens with zero attached hydrogens (tertiary/aromatic N) is 1. The van der Waals surface area contributed by atoms with E-state index in [0.717, 1.165) is 18.0 Å². The van der Waals surface area contributed by atoms with Crippen molar-refractivity contribution >= 4 is 11.4 Å². The molecule has 0 atom stereocenters. The first-order valence-corrected chi connectivity index (χ1v) is 6.16. The minimum atomic E-state index is 0.0869. The standard InChI is InChI=1S/C14H22N2O/c1-10(2)16-9-14(3,4)15-12-8-11(17-5)6-7-13(12)16/h6-8,10,15H,9H2,1-5H3. The highest BCUT2D eigenvalue weighted by molar-refractivity contribution is 5.75. The van der Waals surface area contributed by atoms with Gasteiger partial charge in [-0.15, -0.1) is 0 Å². The lowest BCUT2D eigenvalue weighted by molar-refractivity contribution is 0.414. The first-order chi connectivity index (χ1) is 7.93. The van der Waals surface area contributed by atoms with Crippen LogP contribution in [0.4, 0.5) is 11.4 Å². The van der Waals surface area contributed by atoms with Crippen LogP contribution in [0.25, 0.3) is 0 Å². The molecule has 0 aliphatic carbocycles. The Hall–Kier alpha value is -1.38. The largest absolute Gasteiger partial charge is 0.497 e. The summed E-state index contributed by atoms with van der Waals surface area (Å²) in [6.45, 7) is 9.93. The lowest BCUT2D eigenvalue weighted by Gasteiger charge is -2.44. The van der Waals surface area contributed by atoms with Gasteiger partial charge in [0, 0.05) is 24.2 Å². The van der Waals surface area contributed by atoms with Gasteiger partial charge in [0.1, 0.15) is 5.75 Å². The lowest BCUT2D eigenvalue weighted by Crippen LogP contribution is -2.50. The maximum Gasteiger partial charge on any atom is 0.121 e. The van der Waals surface area contributed by atoms with E-state index >= 15 is 0 Å². The number of hydrogen-bond acceptors (Lipinski definition) is 3. The van der Waals surface area contributed by atoms with E-state index < -0.39 is 0 Å². The minimum Gasteiger partial charge on any atom is -0.497 e. The molecule has 1 N–H and O–H groups in total. The maximum absolute atomic E-state index is 5.29. The van der Waals surface area contributed by atoms with Gasteiger partial charge in [-0.2, -0.15) is 0 Å². The molecule has 1 aliphatic heterocycles. The maximum atomic E-state index is 5.29. The van der Waals surface area contributed by atoms with Crippen molar-refractivity contribution in [3.05, 3.63) is 18.2 Å². The van der Waals surface area contributed by atoms with Crippen molar-refractivity contribution in [2.75, 3.05) is 23.9 Å². The molecule has 0 aromatic heterocycles. The summed E-state index contributed by atoms with van der Waals surface area (Å²) in [6.07, 6.45) is 0. The summed E-state index contributed by atoms with van der Waals surface area (Å²) < 4.78 is 5.29. The molecule has 1 aromatic rings. The zero-order valence-electron chi connectivity index (χ0n) is 11.4. The number of fused-ring (bicyclic) bond motifs is 1. The van der Waals surface area contributed by atoms with E-state index in [-0.39, 0.29) is 5.54 Å². The normalized spacial score (nSPS) is 17.6. The zero-order chi connectivity index (χ0) is 12.6.